The number of amides is 2. The van der Waals surface area contributed by atoms with Crippen LogP contribution in [0.15, 0.2) is 42.5 Å². The monoisotopic (exact) mass is 392 g/mol. The van der Waals surface area contributed by atoms with E-state index in [-0.39, 0.29) is 12.5 Å². The third-order valence-electron chi connectivity index (χ3n) is 4.70. The minimum absolute atomic E-state index is 0.0121. The molecule has 0 saturated heterocycles. The summed E-state index contributed by atoms with van der Waals surface area (Å²) in [5.74, 6) is -0.113. The van der Waals surface area contributed by atoms with Crippen LogP contribution >= 0.6 is 0 Å². The number of hydrogen-bond donors (Lipinski definition) is 2. The van der Waals surface area contributed by atoms with Crippen LogP contribution in [-0.2, 0) is 15.8 Å². The Labute approximate surface area is 157 Å². The normalized spacial score (nSPS) is 16.4. The van der Waals surface area contributed by atoms with Crippen LogP contribution in [0.1, 0.15) is 18.4 Å². The number of alkyl halides is 3. The fraction of sp³-hybridized carbons (Fsp3) is 0.263. The number of anilines is 2. The molecule has 0 spiro atoms. The fourth-order valence-electron chi connectivity index (χ4n) is 2.93. The molecule has 1 saturated carbocycles. The van der Waals surface area contributed by atoms with Crippen molar-refractivity contribution in [3.63, 3.8) is 0 Å². The van der Waals surface area contributed by atoms with Crippen LogP contribution in [0.3, 0.4) is 0 Å². The van der Waals surface area contributed by atoms with Gasteiger partial charge in [0.2, 0.25) is 18.6 Å². The SMILES string of the molecule is O=C(Nc1cccc(C(F)(F)F)c1)C1(C(=O)Nc2ccc3c(c2)OCO3)CC1. The van der Waals surface area contributed by atoms with E-state index in [2.05, 4.69) is 10.6 Å². The van der Waals surface area contributed by atoms with Gasteiger partial charge in [0.15, 0.2) is 11.5 Å². The Balaban J connectivity index is 1.46. The molecule has 0 aromatic heterocycles. The minimum Gasteiger partial charge on any atom is -0.454 e. The average molecular weight is 392 g/mol. The predicted octanol–water partition coefficient (Wildman–Crippen LogP) is 3.79. The van der Waals surface area contributed by atoms with Crippen molar-refractivity contribution in [1.82, 2.24) is 0 Å². The van der Waals surface area contributed by atoms with Gasteiger partial charge < -0.3 is 20.1 Å². The predicted molar refractivity (Wildman–Crippen MR) is 92.9 cm³/mol. The highest BCUT2D eigenvalue weighted by atomic mass is 19.4. The van der Waals surface area contributed by atoms with Crippen LogP contribution in [0, 0.1) is 5.41 Å². The molecule has 9 heteroatoms. The lowest BCUT2D eigenvalue weighted by Crippen LogP contribution is -2.35. The standard InChI is InChI=1S/C19H15F3N2O4/c20-19(21,22)11-2-1-3-12(8-11)23-16(25)18(6-7-18)17(26)24-13-4-5-14-15(9-13)28-10-27-14/h1-5,8-9H,6-7,10H2,(H,23,25)(H,24,26). The molecule has 28 heavy (non-hydrogen) atoms. The van der Waals surface area contributed by atoms with E-state index in [1.165, 1.54) is 12.1 Å². The van der Waals surface area contributed by atoms with Gasteiger partial charge in [0.1, 0.15) is 5.41 Å². The summed E-state index contributed by atoms with van der Waals surface area (Å²) in [6.07, 6.45) is -3.89. The Morgan fingerprint density at radius 2 is 1.54 bits per heavy atom. The molecule has 0 bridgehead atoms. The maximum absolute atomic E-state index is 12.8. The van der Waals surface area contributed by atoms with E-state index in [0.717, 1.165) is 12.1 Å². The minimum atomic E-state index is -4.52. The van der Waals surface area contributed by atoms with Crippen molar-refractivity contribution in [2.24, 2.45) is 5.41 Å². The van der Waals surface area contributed by atoms with Gasteiger partial charge in [-0.1, -0.05) is 6.07 Å². The van der Waals surface area contributed by atoms with Crippen molar-refractivity contribution < 1.29 is 32.2 Å². The molecule has 146 valence electrons. The highest BCUT2D eigenvalue weighted by molar-refractivity contribution is 6.17. The van der Waals surface area contributed by atoms with Crippen LogP contribution in [0.4, 0.5) is 24.5 Å². The van der Waals surface area contributed by atoms with Crippen LogP contribution in [-0.4, -0.2) is 18.6 Å². The van der Waals surface area contributed by atoms with Crippen molar-refractivity contribution in [3.05, 3.63) is 48.0 Å². The number of nitrogens with one attached hydrogen (secondary N) is 2. The van der Waals surface area contributed by atoms with Crippen molar-refractivity contribution in [2.45, 2.75) is 19.0 Å². The van der Waals surface area contributed by atoms with E-state index in [4.69, 9.17) is 9.47 Å². The van der Waals surface area contributed by atoms with Gasteiger partial charge in [-0.15, -0.1) is 0 Å². The smallest absolute Gasteiger partial charge is 0.416 e. The number of benzene rings is 2. The number of carbonyl (C=O) groups is 2. The zero-order chi connectivity index (χ0) is 19.9. The Hall–Kier alpha value is -3.23. The molecule has 4 rings (SSSR count). The van der Waals surface area contributed by atoms with Gasteiger partial charge in [0.25, 0.3) is 0 Å². The van der Waals surface area contributed by atoms with Gasteiger partial charge in [0.05, 0.1) is 5.56 Å². The summed E-state index contributed by atoms with van der Waals surface area (Å²) in [6.45, 7) is 0.0933. The molecule has 6 nitrogen and oxygen atoms in total. The summed E-state index contributed by atoms with van der Waals surface area (Å²) in [5.41, 5.74) is -1.75. The second-order valence-corrected chi connectivity index (χ2v) is 6.64. The first kappa shape index (κ1) is 18.1. The zero-order valence-corrected chi connectivity index (χ0v) is 14.4. The molecular weight excluding hydrogens is 377 g/mol. The first-order valence-electron chi connectivity index (χ1n) is 8.48. The number of hydrogen-bond acceptors (Lipinski definition) is 4. The molecule has 0 unspecified atom stereocenters. The zero-order valence-electron chi connectivity index (χ0n) is 14.4. The second-order valence-electron chi connectivity index (χ2n) is 6.64. The third kappa shape index (κ3) is 3.35. The van der Waals surface area contributed by atoms with E-state index >= 15 is 0 Å². The molecule has 0 radical (unpaired) electrons. The number of fused-ring (bicyclic) bond motifs is 1. The summed E-state index contributed by atoms with van der Waals surface area (Å²) in [7, 11) is 0. The van der Waals surface area contributed by atoms with Gasteiger partial charge in [0, 0.05) is 17.4 Å². The molecule has 1 heterocycles. The number of carbonyl (C=O) groups excluding carboxylic acids is 2. The summed E-state index contributed by atoms with van der Waals surface area (Å²) in [4.78, 5) is 25.2. The molecule has 1 fully saturated rings. The molecule has 2 N–H and O–H groups in total. The maximum Gasteiger partial charge on any atom is 0.416 e. The first-order chi connectivity index (χ1) is 13.3. The number of ether oxygens (including phenoxy) is 2. The lowest BCUT2D eigenvalue weighted by molar-refractivity contribution is -0.137. The molecule has 2 aromatic rings. The summed E-state index contributed by atoms with van der Waals surface area (Å²) < 4.78 is 48.9. The van der Waals surface area contributed by atoms with E-state index in [1.807, 2.05) is 0 Å². The molecule has 1 aliphatic carbocycles. The van der Waals surface area contributed by atoms with E-state index < -0.39 is 29.0 Å². The highest BCUT2D eigenvalue weighted by Gasteiger charge is 2.56. The fourth-order valence-corrected chi connectivity index (χ4v) is 2.93. The van der Waals surface area contributed by atoms with Crippen molar-refractivity contribution >= 4 is 23.2 Å². The van der Waals surface area contributed by atoms with E-state index in [9.17, 15) is 22.8 Å². The van der Waals surface area contributed by atoms with Crippen molar-refractivity contribution in [1.29, 1.82) is 0 Å². The van der Waals surface area contributed by atoms with Crippen molar-refractivity contribution in [2.75, 3.05) is 17.4 Å². The van der Waals surface area contributed by atoms with Crippen LogP contribution in [0.25, 0.3) is 0 Å². The summed E-state index contributed by atoms with van der Waals surface area (Å²) in [5, 5.41) is 5.08. The van der Waals surface area contributed by atoms with Crippen LogP contribution < -0.4 is 20.1 Å². The maximum atomic E-state index is 12.8. The number of halogens is 3. The van der Waals surface area contributed by atoms with Crippen LogP contribution in [0.2, 0.25) is 0 Å². The molecule has 2 aromatic carbocycles. The Morgan fingerprint density at radius 1 is 0.893 bits per heavy atom. The van der Waals surface area contributed by atoms with E-state index in [0.29, 0.717) is 30.0 Å². The molecule has 2 aliphatic rings. The number of rotatable bonds is 4. The first-order valence-corrected chi connectivity index (χ1v) is 8.48. The van der Waals surface area contributed by atoms with E-state index in [1.54, 1.807) is 18.2 Å². The van der Waals surface area contributed by atoms with Gasteiger partial charge in [-0.05, 0) is 43.2 Å². The Bertz CT molecular complexity index is 954. The summed E-state index contributed by atoms with van der Waals surface area (Å²) in [6, 6.07) is 9.13. The molecule has 1 aliphatic heterocycles. The quantitative estimate of drug-likeness (QED) is 0.777. The van der Waals surface area contributed by atoms with Gasteiger partial charge in [-0.3, -0.25) is 9.59 Å². The summed E-state index contributed by atoms with van der Waals surface area (Å²) >= 11 is 0. The Morgan fingerprint density at radius 3 is 2.18 bits per heavy atom. The molecule has 0 atom stereocenters. The largest absolute Gasteiger partial charge is 0.454 e. The highest BCUT2D eigenvalue weighted by Crippen LogP contribution is 2.48. The second kappa shape index (κ2) is 6.43. The van der Waals surface area contributed by atoms with Crippen molar-refractivity contribution in [3.8, 4) is 11.5 Å². The topological polar surface area (TPSA) is 76.7 Å². The third-order valence-corrected chi connectivity index (χ3v) is 4.70. The van der Waals surface area contributed by atoms with Crippen LogP contribution in [0.5, 0.6) is 11.5 Å². The molecule has 2 amide bonds. The van der Waals surface area contributed by atoms with Gasteiger partial charge in [-0.25, -0.2) is 0 Å². The lowest BCUT2D eigenvalue weighted by atomic mass is 10.0. The van der Waals surface area contributed by atoms with Gasteiger partial charge >= 0.3 is 6.18 Å². The van der Waals surface area contributed by atoms with Gasteiger partial charge in [-0.2, -0.15) is 13.2 Å². The molecular formula is C19H15F3N2O4. The average Bonchev–Trinajstić information content (AvgIpc) is 3.34. The Kier molecular flexibility index (Phi) is 4.17. The lowest BCUT2D eigenvalue weighted by Gasteiger charge is -2.16.